The van der Waals surface area contributed by atoms with Gasteiger partial charge >= 0.3 is 0 Å². The van der Waals surface area contributed by atoms with Crippen LogP contribution in [0.2, 0.25) is 0 Å². The summed E-state index contributed by atoms with van der Waals surface area (Å²) in [6, 6.07) is 20.7. The van der Waals surface area contributed by atoms with Crippen molar-refractivity contribution < 1.29 is 19.0 Å². The van der Waals surface area contributed by atoms with E-state index in [1.54, 1.807) is 53.8 Å². The maximum absolute atomic E-state index is 13.1. The maximum Gasteiger partial charge on any atom is 0.255 e. The van der Waals surface area contributed by atoms with Crippen LogP contribution in [0, 0.1) is 0 Å². The van der Waals surface area contributed by atoms with Crippen LogP contribution in [0.15, 0.2) is 78.2 Å². The Morgan fingerprint density at radius 1 is 1.03 bits per heavy atom. The Morgan fingerprint density at radius 3 is 2.49 bits per heavy atom. The van der Waals surface area contributed by atoms with Crippen LogP contribution in [-0.2, 0) is 21.9 Å². The number of para-hydroxylation sites is 1. The molecule has 0 aliphatic rings. The van der Waals surface area contributed by atoms with Crippen LogP contribution in [0.4, 0.5) is 17.1 Å². The Kier molecular flexibility index (Phi) is 7.17. The second kappa shape index (κ2) is 10.3. The van der Waals surface area contributed by atoms with Gasteiger partial charge in [0.1, 0.15) is 6.29 Å². The van der Waals surface area contributed by atoms with Crippen molar-refractivity contribution in [2.75, 3.05) is 16.8 Å². The van der Waals surface area contributed by atoms with Crippen molar-refractivity contribution in [2.45, 2.75) is 12.6 Å². The number of nitrogens with two attached hydrogens (primary N) is 2. The first-order valence-corrected chi connectivity index (χ1v) is 13.5. The van der Waals surface area contributed by atoms with E-state index in [9.17, 15) is 19.0 Å². The van der Waals surface area contributed by atoms with Crippen LogP contribution in [0.1, 0.15) is 21.5 Å². The van der Waals surface area contributed by atoms with Crippen LogP contribution < -0.4 is 22.1 Å². The normalized spacial score (nSPS) is 12.6. The predicted molar refractivity (Wildman–Crippen MR) is 142 cm³/mol. The van der Waals surface area contributed by atoms with Gasteiger partial charge in [-0.2, -0.15) is 0 Å². The van der Waals surface area contributed by atoms with Gasteiger partial charge in [-0.15, -0.1) is 11.3 Å². The lowest BCUT2D eigenvalue weighted by atomic mass is 10.1. The van der Waals surface area contributed by atoms with Crippen LogP contribution in [-0.4, -0.2) is 17.1 Å². The van der Waals surface area contributed by atoms with E-state index in [2.05, 4.69) is 5.32 Å². The summed E-state index contributed by atoms with van der Waals surface area (Å²) in [5.74, 6) is -0.343. The van der Waals surface area contributed by atoms with Crippen LogP contribution in [0.3, 0.4) is 0 Å². The molecular formula is C26H24N3O4PS. The molecule has 7 nitrogen and oxygen atoms in total. The fourth-order valence-electron chi connectivity index (χ4n) is 3.72. The first-order valence-electron chi connectivity index (χ1n) is 10.8. The standard InChI is InChI=1S/C26H24N3O4PS/c27-21-11-10-20(24-5-2-14-35-24)15-22(21)29-26(31)19-8-6-17(7-9-19)16-34(32,33)23-4-1-3-18(12-13-30)25(23)28/h1-11,13-15H,12,16,27-28H2,(H,29,31)(H,32,33). The van der Waals surface area contributed by atoms with E-state index in [4.69, 9.17) is 11.5 Å². The zero-order valence-corrected chi connectivity index (χ0v) is 20.4. The van der Waals surface area contributed by atoms with Gasteiger partial charge < -0.3 is 26.5 Å². The Balaban J connectivity index is 1.49. The molecule has 0 aliphatic carbocycles. The van der Waals surface area contributed by atoms with Gasteiger partial charge in [0, 0.05) is 22.5 Å². The molecule has 0 aliphatic heterocycles. The summed E-state index contributed by atoms with van der Waals surface area (Å²) < 4.78 is 13.1. The first-order chi connectivity index (χ1) is 16.8. The monoisotopic (exact) mass is 505 g/mol. The molecule has 178 valence electrons. The zero-order chi connectivity index (χ0) is 25.0. The summed E-state index contributed by atoms with van der Waals surface area (Å²) in [5.41, 5.74) is 15.7. The number of rotatable bonds is 8. The number of benzene rings is 3. The second-order valence-corrected chi connectivity index (χ2v) is 11.2. The number of hydrogen-bond acceptors (Lipinski definition) is 6. The summed E-state index contributed by atoms with van der Waals surface area (Å²) in [4.78, 5) is 35.4. The van der Waals surface area contributed by atoms with E-state index < -0.39 is 7.37 Å². The molecule has 35 heavy (non-hydrogen) atoms. The lowest BCUT2D eigenvalue weighted by Gasteiger charge is -2.16. The smallest absolute Gasteiger partial charge is 0.255 e. The van der Waals surface area contributed by atoms with Gasteiger partial charge in [-0.1, -0.05) is 36.4 Å². The molecule has 1 atom stereocenters. The average Bonchev–Trinajstić information content (AvgIpc) is 3.37. The minimum atomic E-state index is -3.84. The van der Waals surface area contributed by atoms with Gasteiger partial charge in [0.25, 0.3) is 5.91 Å². The zero-order valence-electron chi connectivity index (χ0n) is 18.7. The molecule has 6 N–H and O–H groups in total. The van der Waals surface area contributed by atoms with Crippen LogP contribution in [0.5, 0.6) is 0 Å². The molecule has 4 rings (SSSR count). The third-order valence-electron chi connectivity index (χ3n) is 5.57. The molecule has 0 bridgehead atoms. The molecule has 0 saturated carbocycles. The Labute approximate surface area is 206 Å². The van der Waals surface area contributed by atoms with Gasteiger partial charge in [-0.3, -0.25) is 9.36 Å². The van der Waals surface area contributed by atoms with E-state index in [0.717, 1.165) is 10.4 Å². The number of thiophene rings is 1. The highest BCUT2D eigenvalue weighted by Gasteiger charge is 2.25. The molecule has 0 saturated heterocycles. The number of hydrogen-bond donors (Lipinski definition) is 4. The highest BCUT2D eigenvalue weighted by Crippen LogP contribution is 2.45. The SMILES string of the molecule is Nc1ccc(-c2cccs2)cc1NC(=O)c1ccc(CP(=O)(O)c2cccc(CC=O)c2N)cc1. The summed E-state index contributed by atoms with van der Waals surface area (Å²) in [7, 11) is -3.84. The molecule has 3 aromatic carbocycles. The third kappa shape index (κ3) is 5.52. The molecular weight excluding hydrogens is 481 g/mol. The van der Waals surface area contributed by atoms with E-state index in [0.29, 0.717) is 34.4 Å². The Morgan fingerprint density at radius 2 is 1.80 bits per heavy atom. The summed E-state index contributed by atoms with van der Waals surface area (Å²) in [6.45, 7) is 0. The van der Waals surface area contributed by atoms with Crippen LogP contribution >= 0.6 is 18.7 Å². The fraction of sp³-hybridized carbons (Fsp3) is 0.0769. The number of aldehydes is 1. The second-order valence-electron chi connectivity index (χ2n) is 8.01. The van der Waals surface area contributed by atoms with Crippen molar-refractivity contribution >= 4 is 53.3 Å². The highest BCUT2D eigenvalue weighted by atomic mass is 32.1. The van der Waals surface area contributed by atoms with Gasteiger partial charge in [0.2, 0.25) is 7.37 Å². The van der Waals surface area contributed by atoms with Gasteiger partial charge in [0.15, 0.2) is 0 Å². The summed E-state index contributed by atoms with van der Waals surface area (Å²) in [6.07, 6.45) is 0.622. The number of anilines is 3. The lowest BCUT2D eigenvalue weighted by molar-refractivity contribution is -0.107. The number of nitrogen functional groups attached to an aromatic ring is 2. The van der Waals surface area contributed by atoms with Crippen LogP contribution in [0.25, 0.3) is 10.4 Å². The lowest BCUT2D eigenvalue weighted by Crippen LogP contribution is -2.15. The molecule has 0 fully saturated rings. The van der Waals surface area contributed by atoms with Crippen molar-refractivity contribution in [3.05, 3.63) is 94.9 Å². The van der Waals surface area contributed by atoms with Crippen molar-refractivity contribution in [1.82, 2.24) is 0 Å². The minimum Gasteiger partial charge on any atom is -0.398 e. The van der Waals surface area contributed by atoms with Crippen molar-refractivity contribution in [1.29, 1.82) is 0 Å². The third-order valence-corrected chi connectivity index (χ3v) is 8.43. The largest absolute Gasteiger partial charge is 0.398 e. The van der Waals surface area contributed by atoms with Gasteiger partial charge in [0.05, 0.1) is 22.8 Å². The molecule has 1 unspecified atom stereocenters. The Bertz CT molecular complexity index is 1420. The fourth-order valence-corrected chi connectivity index (χ4v) is 6.16. The van der Waals surface area contributed by atoms with Crippen molar-refractivity contribution in [3.63, 3.8) is 0 Å². The minimum absolute atomic E-state index is 0.0736. The average molecular weight is 506 g/mol. The molecule has 1 amide bonds. The summed E-state index contributed by atoms with van der Waals surface area (Å²) in [5, 5.41) is 4.94. The Hall–Kier alpha value is -3.71. The number of amides is 1. The topological polar surface area (TPSA) is 136 Å². The van der Waals surface area contributed by atoms with Crippen molar-refractivity contribution in [2.24, 2.45) is 0 Å². The molecule has 4 aromatic rings. The van der Waals surface area contributed by atoms with Crippen molar-refractivity contribution in [3.8, 4) is 10.4 Å². The van der Waals surface area contributed by atoms with E-state index >= 15 is 0 Å². The molecule has 1 aromatic heterocycles. The van der Waals surface area contributed by atoms with E-state index in [1.807, 2.05) is 29.6 Å². The molecule has 9 heteroatoms. The predicted octanol–water partition coefficient (Wildman–Crippen LogP) is 4.67. The van der Waals surface area contributed by atoms with E-state index in [1.165, 1.54) is 6.07 Å². The number of carbonyl (C=O) groups excluding carboxylic acids is 2. The number of carbonyl (C=O) groups is 2. The maximum atomic E-state index is 13.1. The highest BCUT2D eigenvalue weighted by molar-refractivity contribution is 7.65. The quantitative estimate of drug-likeness (QED) is 0.156. The van der Waals surface area contributed by atoms with E-state index in [-0.39, 0.29) is 29.5 Å². The first kappa shape index (κ1) is 24.4. The molecule has 0 spiro atoms. The number of nitrogens with one attached hydrogen (secondary N) is 1. The molecule has 0 radical (unpaired) electrons. The van der Waals surface area contributed by atoms with Gasteiger partial charge in [-0.25, -0.2) is 0 Å². The van der Waals surface area contributed by atoms with Gasteiger partial charge in [-0.05, 0) is 58.5 Å². The molecule has 1 heterocycles. The summed E-state index contributed by atoms with van der Waals surface area (Å²) >= 11 is 1.59.